The van der Waals surface area contributed by atoms with E-state index in [-0.39, 0.29) is 29.5 Å². The molecule has 2 N–H and O–H groups in total. The van der Waals surface area contributed by atoms with Crippen LogP contribution in [0.2, 0.25) is 0 Å². The minimum atomic E-state index is -0.202. The van der Waals surface area contributed by atoms with Crippen LogP contribution in [0.5, 0.6) is 34.5 Å². The van der Waals surface area contributed by atoms with E-state index >= 15 is 0 Å². The van der Waals surface area contributed by atoms with Crippen molar-refractivity contribution in [3.63, 3.8) is 0 Å². The van der Waals surface area contributed by atoms with Crippen molar-refractivity contribution >= 4 is 79.2 Å². The van der Waals surface area contributed by atoms with Crippen molar-refractivity contribution in [2.75, 3.05) is 53.9 Å². The number of unbranched alkanes of at least 4 members (excludes halogenated alkanes) is 6. The largest absolute Gasteiger partial charge is 0.492 e. The van der Waals surface area contributed by atoms with Crippen LogP contribution in [0.15, 0.2) is 21.5 Å². The topological polar surface area (TPSA) is 95.8 Å². The van der Waals surface area contributed by atoms with Crippen LogP contribution in [0, 0.1) is 22.0 Å². The molecule has 0 radical (unpaired) electrons. The zero-order valence-corrected chi connectivity index (χ0v) is 44.9. The summed E-state index contributed by atoms with van der Waals surface area (Å²) in [5.41, 5.74) is 0.226. The van der Waals surface area contributed by atoms with E-state index < -0.39 is 0 Å². The van der Waals surface area contributed by atoms with Gasteiger partial charge >= 0.3 is 0 Å². The first-order chi connectivity index (χ1) is 29.0. The van der Waals surface area contributed by atoms with E-state index in [9.17, 15) is 10.2 Å². The maximum atomic E-state index is 9.27. The summed E-state index contributed by atoms with van der Waals surface area (Å²) in [5, 5.41) is 26.4. The highest BCUT2D eigenvalue weighted by Gasteiger charge is 2.37. The average molecular weight is 1120 g/mol. The Hall–Kier alpha value is -0.720. The van der Waals surface area contributed by atoms with Crippen molar-refractivity contribution in [2.24, 2.45) is 16.2 Å². The maximum Gasteiger partial charge on any atom is 0.186 e. The molecule has 3 aromatic heterocycles. The van der Waals surface area contributed by atoms with Gasteiger partial charge < -0.3 is 38.6 Å². The number of methoxy groups -OCH3 is 2. The van der Waals surface area contributed by atoms with Gasteiger partial charge in [0.05, 0.1) is 53.9 Å². The molecule has 5 rings (SSSR count). The molecule has 13 heteroatoms. The minimum absolute atomic E-state index is 0.128. The van der Waals surface area contributed by atoms with Crippen LogP contribution in [0.25, 0.3) is 0 Å². The van der Waals surface area contributed by atoms with Gasteiger partial charge in [-0.1, -0.05) is 119 Å². The minimum Gasteiger partial charge on any atom is -0.492 e. The van der Waals surface area contributed by atoms with Gasteiger partial charge in [0.25, 0.3) is 0 Å². The zero-order chi connectivity index (χ0) is 44.3. The van der Waals surface area contributed by atoms with Crippen LogP contribution in [0.4, 0.5) is 0 Å². The first-order valence-electron chi connectivity index (χ1n) is 22.4. The first-order valence-corrected chi connectivity index (χ1v) is 27.3. The summed E-state index contributed by atoms with van der Waals surface area (Å²) >= 11 is 9.69. The molecule has 0 spiro atoms. The molecule has 0 aliphatic carbocycles. The summed E-state index contributed by atoms with van der Waals surface area (Å²) in [6.07, 6.45) is 21.3. The predicted octanol–water partition coefficient (Wildman–Crippen LogP) is 15.1. The van der Waals surface area contributed by atoms with Crippen molar-refractivity contribution in [1.29, 1.82) is 0 Å². The quantitative estimate of drug-likeness (QED) is 0.0961. The molecule has 0 saturated carbocycles. The summed E-state index contributed by atoms with van der Waals surface area (Å²) in [7, 11) is 3.26. The van der Waals surface area contributed by atoms with E-state index in [0.717, 1.165) is 99.4 Å². The van der Waals surface area contributed by atoms with Crippen molar-refractivity contribution in [3.05, 3.63) is 27.3 Å². The number of fused-ring (bicyclic) bond motifs is 2. The number of hydrogen-bond acceptors (Lipinski definition) is 11. The van der Waals surface area contributed by atoms with Gasteiger partial charge in [-0.15, -0.1) is 34.0 Å². The molecule has 2 aliphatic rings. The average Bonchev–Trinajstić information content (AvgIpc) is 3.94. The van der Waals surface area contributed by atoms with Crippen molar-refractivity contribution in [3.8, 4) is 34.5 Å². The lowest BCUT2D eigenvalue weighted by Crippen LogP contribution is -2.33. The summed E-state index contributed by atoms with van der Waals surface area (Å²) in [5.74, 6) is 5.46. The van der Waals surface area contributed by atoms with E-state index in [0.29, 0.717) is 0 Å². The van der Waals surface area contributed by atoms with Crippen LogP contribution in [-0.2, 0) is 0 Å². The Kier molecular flexibility index (Phi) is 28.8. The third-order valence-electron chi connectivity index (χ3n) is 11.5. The molecule has 0 unspecified atom stereocenters. The van der Waals surface area contributed by atoms with Gasteiger partial charge in [0.2, 0.25) is 0 Å². The van der Waals surface area contributed by atoms with Crippen molar-refractivity contribution in [1.82, 2.24) is 0 Å². The van der Waals surface area contributed by atoms with Gasteiger partial charge in [-0.05, 0) is 83.7 Å². The normalized spacial score (nSPS) is 14.9. The lowest BCUT2D eigenvalue weighted by atomic mass is 9.79. The maximum absolute atomic E-state index is 9.27. The Labute approximate surface area is 403 Å². The molecular weight excluding hydrogens is 1040 g/mol. The second-order valence-electron chi connectivity index (χ2n) is 16.5. The van der Waals surface area contributed by atoms with Gasteiger partial charge in [-0.2, -0.15) is 0 Å². The molecule has 2 aliphatic heterocycles. The number of aliphatic hydroxyl groups excluding tert-OH is 2. The molecule has 0 bridgehead atoms. The third-order valence-corrected chi connectivity index (χ3v) is 15.9. The number of thiophene rings is 3. The Balaban J connectivity index is 0.000000287. The highest BCUT2D eigenvalue weighted by Crippen LogP contribution is 2.48. The predicted molar refractivity (Wildman–Crippen MR) is 272 cm³/mol. The number of halogens is 2. The lowest BCUT2D eigenvalue weighted by Gasteiger charge is -2.31. The Morgan fingerprint density at radius 2 is 0.883 bits per heavy atom. The Morgan fingerprint density at radius 3 is 1.20 bits per heavy atom. The van der Waals surface area contributed by atoms with E-state index in [1.54, 1.807) is 48.2 Å². The first kappa shape index (κ1) is 55.4. The molecule has 346 valence electrons. The molecule has 0 saturated heterocycles. The number of ether oxygens (including phenoxy) is 6. The third kappa shape index (κ3) is 18.4. The molecular formula is C47H78I2O8S3. The van der Waals surface area contributed by atoms with Gasteiger partial charge in [0.15, 0.2) is 34.5 Å². The van der Waals surface area contributed by atoms with Crippen LogP contribution >= 0.6 is 79.2 Å². The van der Waals surface area contributed by atoms with Crippen LogP contribution in [0.3, 0.4) is 0 Å². The number of aliphatic hydroxyl groups is 2. The van der Waals surface area contributed by atoms with Crippen LogP contribution < -0.4 is 28.4 Å². The highest BCUT2D eigenvalue weighted by molar-refractivity contribution is 14.1. The molecule has 5 heterocycles. The van der Waals surface area contributed by atoms with E-state index in [1.165, 1.54) is 82.8 Å². The van der Waals surface area contributed by atoms with Gasteiger partial charge in [-0.25, -0.2) is 0 Å². The monoisotopic (exact) mass is 1120 g/mol. The summed E-state index contributed by atoms with van der Waals surface area (Å²) in [6.45, 7) is 16.8. The summed E-state index contributed by atoms with van der Waals surface area (Å²) in [6, 6.07) is 0. The Bertz CT molecular complexity index is 1420. The molecule has 0 atom stereocenters. The highest BCUT2D eigenvalue weighted by atomic mass is 127. The fraction of sp³-hybridized carbons (Fsp3) is 0.745. The van der Waals surface area contributed by atoms with Crippen LogP contribution in [0.1, 0.15) is 157 Å². The number of hydrogen-bond donors (Lipinski definition) is 2. The van der Waals surface area contributed by atoms with E-state index in [4.69, 9.17) is 28.4 Å². The van der Waals surface area contributed by atoms with Crippen LogP contribution in [-0.4, -0.2) is 64.1 Å². The SMILES string of the molecule is CCCCC(CO)(CO)CCCC.CCCCC1(CCCC)COc2c(I)sc(I)c2OC1.CCCCC1(CCCC)COc2cscc2OC1.COc1cscc1OC. The van der Waals surface area contributed by atoms with E-state index in [1.807, 2.05) is 21.5 Å². The second-order valence-corrected chi connectivity index (χ2v) is 22.6. The van der Waals surface area contributed by atoms with Crippen molar-refractivity contribution in [2.45, 2.75) is 157 Å². The molecule has 0 aromatic carbocycles. The standard InChI is InChI=1S/C15H22I2O2S.C15H24O2S.C11H24O2.C6H8O2S/c1-3-5-7-15(8-6-4-2)9-18-11-12(19-10-15)14(17)20-13(11)16;1-3-5-7-15(8-6-4-2)11-16-13-9-18-10-14(13)17-12-15;1-3-5-7-11(9-12,10-13)8-6-4-2;1-7-5-3-9-4-6(5)8-2/h3-10H2,1-2H3;9-10H,3-8,11-12H2,1-2H3;12-13H,3-10H2,1-2H3;3-4H,1-2H3. The molecule has 60 heavy (non-hydrogen) atoms. The lowest BCUT2D eigenvalue weighted by molar-refractivity contribution is 0.0361. The smallest absolute Gasteiger partial charge is 0.186 e. The van der Waals surface area contributed by atoms with Gasteiger partial charge in [0.1, 0.15) is 5.77 Å². The van der Waals surface area contributed by atoms with Crippen molar-refractivity contribution < 1.29 is 38.6 Å². The fourth-order valence-electron chi connectivity index (χ4n) is 7.27. The summed E-state index contributed by atoms with van der Waals surface area (Å²) < 4.78 is 36.7. The van der Waals surface area contributed by atoms with Gasteiger partial charge in [-0.3, -0.25) is 0 Å². The molecule has 3 aromatic rings. The molecule has 0 fully saturated rings. The van der Waals surface area contributed by atoms with E-state index in [2.05, 4.69) is 86.7 Å². The van der Waals surface area contributed by atoms with Gasteiger partial charge in [0, 0.05) is 37.8 Å². The number of rotatable bonds is 22. The summed E-state index contributed by atoms with van der Waals surface area (Å²) in [4.78, 5) is 0. The Morgan fingerprint density at radius 1 is 0.550 bits per heavy atom. The molecule has 8 nitrogen and oxygen atoms in total. The molecule has 0 amide bonds. The zero-order valence-electron chi connectivity index (χ0n) is 38.1. The second kappa shape index (κ2) is 31.2. The fourth-order valence-corrected chi connectivity index (χ4v) is 12.7.